The highest BCUT2D eigenvalue weighted by Gasteiger charge is 2.37. The molecule has 9 heteroatoms. The molecule has 0 aromatic rings. The van der Waals surface area contributed by atoms with E-state index < -0.39 is 43.6 Å². The summed E-state index contributed by atoms with van der Waals surface area (Å²) in [6.07, 6.45) is -7.23. The van der Waals surface area contributed by atoms with Gasteiger partial charge in [-0.2, -0.15) is 0 Å². The van der Waals surface area contributed by atoms with E-state index in [1.165, 1.54) is 0 Å². The van der Waals surface area contributed by atoms with Crippen molar-refractivity contribution in [3.8, 4) is 0 Å². The third-order valence-electron chi connectivity index (χ3n) is 1.80. The number of hydrogen-bond donors (Lipinski definition) is 0. The Hall–Kier alpha value is -1.15. The van der Waals surface area contributed by atoms with Gasteiger partial charge in [0.1, 0.15) is 13.2 Å². The standard InChI is InChI=1S/C9H12F6O3/c1-8(12,13)5(10)3-17-7(16)18-4-6(11)9(2,14)15/h5-6H,3-4H2,1-2H3. The SMILES string of the molecule is CC(F)(F)C(F)COC(=O)OCC(F)C(C)(F)F. The summed E-state index contributed by atoms with van der Waals surface area (Å²) in [5.74, 6) is -7.45. The van der Waals surface area contributed by atoms with Gasteiger partial charge in [-0.05, 0) is 0 Å². The first-order chi connectivity index (χ1) is 7.94. The highest BCUT2D eigenvalue weighted by atomic mass is 19.3. The van der Waals surface area contributed by atoms with Crippen LogP contribution in [0.25, 0.3) is 0 Å². The van der Waals surface area contributed by atoms with Crippen molar-refractivity contribution in [1.82, 2.24) is 0 Å². The lowest BCUT2D eigenvalue weighted by Crippen LogP contribution is -2.33. The molecule has 0 amide bonds. The maximum absolute atomic E-state index is 12.6. The normalized spacial score (nSPS) is 16.0. The fourth-order valence-corrected chi connectivity index (χ4v) is 0.617. The molecule has 0 bridgehead atoms. The highest BCUT2D eigenvalue weighted by Crippen LogP contribution is 2.22. The lowest BCUT2D eigenvalue weighted by molar-refractivity contribution is -0.0939. The number of alkyl halides is 6. The van der Waals surface area contributed by atoms with Crippen LogP contribution in [0.3, 0.4) is 0 Å². The maximum Gasteiger partial charge on any atom is 0.508 e. The minimum Gasteiger partial charge on any atom is -0.431 e. The molecule has 0 saturated heterocycles. The van der Waals surface area contributed by atoms with Crippen molar-refractivity contribution >= 4 is 6.16 Å². The molecule has 0 spiro atoms. The summed E-state index contributed by atoms with van der Waals surface area (Å²) >= 11 is 0. The van der Waals surface area contributed by atoms with Gasteiger partial charge in [-0.15, -0.1) is 0 Å². The van der Waals surface area contributed by atoms with E-state index in [2.05, 4.69) is 9.47 Å². The molecule has 0 aliphatic rings. The summed E-state index contributed by atoms with van der Waals surface area (Å²) in [5, 5.41) is 0. The van der Waals surface area contributed by atoms with Crippen LogP contribution in [0.2, 0.25) is 0 Å². The largest absolute Gasteiger partial charge is 0.508 e. The quantitative estimate of drug-likeness (QED) is 0.554. The Morgan fingerprint density at radius 2 is 1.22 bits per heavy atom. The van der Waals surface area contributed by atoms with Gasteiger partial charge in [0.05, 0.1) is 0 Å². The molecule has 0 heterocycles. The van der Waals surface area contributed by atoms with Crippen LogP contribution < -0.4 is 0 Å². The molecule has 0 saturated carbocycles. The molecule has 0 N–H and O–H groups in total. The molecule has 0 aromatic carbocycles. The molecule has 3 nitrogen and oxygen atoms in total. The van der Waals surface area contributed by atoms with E-state index in [1.54, 1.807) is 0 Å². The lowest BCUT2D eigenvalue weighted by Gasteiger charge is -2.17. The molecule has 0 rings (SSSR count). The van der Waals surface area contributed by atoms with Crippen LogP contribution >= 0.6 is 0 Å². The Morgan fingerprint density at radius 3 is 1.44 bits per heavy atom. The number of carbonyl (C=O) groups is 1. The van der Waals surface area contributed by atoms with Crippen LogP contribution in [0.15, 0.2) is 0 Å². The van der Waals surface area contributed by atoms with Gasteiger partial charge in [-0.25, -0.2) is 31.1 Å². The van der Waals surface area contributed by atoms with Crippen molar-refractivity contribution in [2.45, 2.75) is 38.0 Å². The summed E-state index contributed by atoms with van der Waals surface area (Å²) in [5.41, 5.74) is 0. The Kier molecular flexibility index (Phi) is 5.75. The molecule has 0 aromatic heterocycles. The monoisotopic (exact) mass is 282 g/mol. The molecule has 0 aliphatic carbocycles. The van der Waals surface area contributed by atoms with Gasteiger partial charge < -0.3 is 9.47 Å². The third kappa shape index (κ3) is 6.55. The van der Waals surface area contributed by atoms with Crippen LogP contribution in [0, 0.1) is 0 Å². The second-order valence-corrected chi connectivity index (χ2v) is 3.72. The zero-order valence-electron chi connectivity index (χ0n) is 9.56. The molecule has 0 radical (unpaired) electrons. The molecule has 2 unspecified atom stereocenters. The minimum absolute atomic E-state index is 0.265. The lowest BCUT2D eigenvalue weighted by atomic mass is 10.2. The van der Waals surface area contributed by atoms with E-state index in [4.69, 9.17) is 0 Å². The van der Waals surface area contributed by atoms with Crippen molar-refractivity contribution in [2.24, 2.45) is 0 Å². The van der Waals surface area contributed by atoms with Gasteiger partial charge in [-0.1, -0.05) is 0 Å². The Bertz CT molecular complexity index is 246. The average Bonchev–Trinajstić information content (AvgIpc) is 2.19. The van der Waals surface area contributed by atoms with Gasteiger partial charge in [0.25, 0.3) is 11.8 Å². The zero-order valence-corrected chi connectivity index (χ0v) is 9.56. The Balaban J connectivity index is 3.94. The minimum atomic E-state index is -3.72. The Labute approximate surface area is 99.0 Å². The smallest absolute Gasteiger partial charge is 0.431 e. The number of ether oxygens (including phenoxy) is 2. The predicted octanol–water partition coefficient (Wildman–Crippen LogP) is 3.13. The molecule has 0 aliphatic heterocycles. The van der Waals surface area contributed by atoms with E-state index in [-0.39, 0.29) is 13.8 Å². The van der Waals surface area contributed by atoms with Gasteiger partial charge in [0.2, 0.25) is 0 Å². The summed E-state index contributed by atoms with van der Waals surface area (Å²) in [6.45, 7) is -2.10. The number of halogens is 6. The molecule has 0 fully saturated rings. The van der Waals surface area contributed by atoms with Crippen LogP contribution in [0.1, 0.15) is 13.8 Å². The number of carbonyl (C=O) groups excluding carboxylic acids is 1. The number of hydrogen-bond acceptors (Lipinski definition) is 3. The molecule has 18 heavy (non-hydrogen) atoms. The third-order valence-corrected chi connectivity index (χ3v) is 1.80. The summed E-state index contributed by atoms with van der Waals surface area (Å²) in [6, 6.07) is 0. The highest BCUT2D eigenvalue weighted by molar-refractivity contribution is 5.59. The predicted molar refractivity (Wildman–Crippen MR) is 48.3 cm³/mol. The van der Waals surface area contributed by atoms with Crippen molar-refractivity contribution in [3.05, 3.63) is 0 Å². The van der Waals surface area contributed by atoms with Crippen LogP contribution in [0.4, 0.5) is 31.1 Å². The molecule has 108 valence electrons. The van der Waals surface area contributed by atoms with E-state index in [0.717, 1.165) is 0 Å². The van der Waals surface area contributed by atoms with Crippen molar-refractivity contribution < 1.29 is 40.6 Å². The van der Waals surface area contributed by atoms with Gasteiger partial charge in [-0.3, -0.25) is 0 Å². The van der Waals surface area contributed by atoms with E-state index >= 15 is 0 Å². The van der Waals surface area contributed by atoms with Crippen LogP contribution in [0.5, 0.6) is 0 Å². The van der Waals surface area contributed by atoms with Gasteiger partial charge in [0.15, 0.2) is 12.3 Å². The van der Waals surface area contributed by atoms with Crippen molar-refractivity contribution in [1.29, 1.82) is 0 Å². The molecular weight excluding hydrogens is 270 g/mol. The first kappa shape index (κ1) is 16.9. The van der Waals surface area contributed by atoms with Gasteiger partial charge >= 0.3 is 6.16 Å². The number of rotatable bonds is 6. The summed E-state index contributed by atoms with van der Waals surface area (Å²) in [4.78, 5) is 10.6. The second kappa shape index (κ2) is 6.14. The van der Waals surface area contributed by atoms with Crippen LogP contribution in [-0.2, 0) is 9.47 Å². The van der Waals surface area contributed by atoms with Crippen molar-refractivity contribution in [3.63, 3.8) is 0 Å². The van der Waals surface area contributed by atoms with E-state index in [9.17, 15) is 31.1 Å². The zero-order chi connectivity index (χ0) is 14.6. The summed E-state index contributed by atoms with van der Waals surface area (Å²) in [7, 11) is 0. The van der Waals surface area contributed by atoms with Crippen molar-refractivity contribution in [2.75, 3.05) is 13.2 Å². The van der Waals surface area contributed by atoms with Crippen LogP contribution in [-0.4, -0.2) is 43.6 Å². The first-order valence-electron chi connectivity index (χ1n) is 4.78. The molecule has 2 atom stereocenters. The Morgan fingerprint density at radius 1 is 0.944 bits per heavy atom. The topological polar surface area (TPSA) is 35.5 Å². The van der Waals surface area contributed by atoms with E-state index in [1.807, 2.05) is 0 Å². The fraction of sp³-hybridized carbons (Fsp3) is 0.889. The summed E-state index contributed by atoms with van der Waals surface area (Å²) < 4.78 is 82.0. The van der Waals surface area contributed by atoms with E-state index in [0.29, 0.717) is 0 Å². The fourth-order valence-electron chi connectivity index (χ4n) is 0.617. The first-order valence-corrected chi connectivity index (χ1v) is 4.78. The second-order valence-electron chi connectivity index (χ2n) is 3.72. The van der Waals surface area contributed by atoms with Gasteiger partial charge in [0, 0.05) is 13.8 Å². The molecular formula is C9H12F6O3. The maximum atomic E-state index is 12.6. The average molecular weight is 282 g/mol.